The number of nitrogens with zero attached hydrogens (tertiary/aromatic N) is 2. The van der Waals surface area contributed by atoms with Crippen molar-refractivity contribution in [1.29, 1.82) is 0 Å². The molecule has 0 aromatic heterocycles. The summed E-state index contributed by atoms with van der Waals surface area (Å²) in [5.74, 6) is -0.422. The Labute approximate surface area is 210 Å². The molecule has 0 unspecified atom stereocenters. The molecule has 0 aliphatic carbocycles. The van der Waals surface area contributed by atoms with Gasteiger partial charge in [-0.25, -0.2) is 8.42 Å². The van der Waals surface area contributed by atoms with Gasteiger partial charge in [-0.15, -0.1) is 0 Å². The second kappa shape index (κ2) is 11.7. The van der Waals surface area contributed by atoms with Gasteiger partial charge in [-0.05, 0) is 76.8 Å². The number of sulfonamides is 1. The van der Waals surface area contributed by atoms with E-state index in [1.807, 2.05) is 83.1 Å². The maximum absolute atomic E-state index is 13.3. The Hall–Kier alpha value is -2.87. The van der Waals surface area contributed by atoms with Crippen LogP contribution in [0.3, 0.4) is 0 Å². The molecule has 0 aliphatic heterocycles. The molecule has 1 atom stereocenters. The molecule has 2 aromatic carbocycles. The van der Waals surface area contributed by atoms with Crippen LogP contribution in [-0.2, 0) is 26.2 Å². The average Bonchev–Trinajstić information content (AvgIpc) is 2.72. The fourth-order valence-corrected chi connectivity index (χ4v) is 4.88. The van der Waals surface area contributed by atoms with Gasteiger partial charge < -0.3 is 10.2 Å². The number of anilines is 1. The van der Waals surface area contributed by atoms with Gasteiger partial charge in [0.25, 0.3) is 0 Å². The lowest BCUT2D eigenvalue weighted by atomic mass is 10.1. The van der Waals surface area contributed by atoms with E-state index in [4.69, 9.17) is 0 Å². The Balaban J connectivity index is 2.19. The number of amides is 2. The maximum atomic E-state index is 13.3. The van der Waals surface area contributed by atoms with Crippen LogP contribution in [0, 0.1) is 13.8 Å². The summed E-state index contributed by atoms with van der Waals surface area (Å²) >= 11 is 0. The highest BCUT2D eigenvalue weighted by molar-refractivity contribution is 7.92. The standard InChI is InChI=1S/C27H39N3O4S/c1-20-16-21(2)18-24(17-20)30(35(7,33)34)15-11-14-25(31)29(19-23-12-9-8-10-13-23)22(3)26(32)28-27(4,5)6/h8-10,12-13,16-18,22H,11,14-15,19H2,1-7H3,(H,28,32)/t22-/m1/s1. The van der Waals surface area contributed by atoms with Crippen LogP contribution < -0.4 is 9.62 Å². The van der Waals surface area contributed by atoms with Crippen molar-refractivity contribution in [2.45, 2.75) is 72.5 Å². The molecule has 0 heterocycles. The highest BCUT2D eigenvalue weighted by Gasteiger charge is 2.28. The number of nitrogens with one attached hydrogen (secondary N) is 1. The first-order valence-corrected chi connectivity index (χ1v) is 13.7. The van der Waals surface area contributed by atoms with Crippen molar-refractivity contribution in [2.24, 2.45) is 0 Å². The molecule has 35 heavy (non-hydrogen) atoms. The van der Waals surface area contributed by atoms with E-state index in [1.165, 1.54) is 10.6 Å². The normalized spacial score (nSPS) is 12.7. The minimum absolute atomic E-state index is 0.122. The number of hydrogen-bond acceptors (Lipinski definition) is 4. The molecule has 0 fully saturated rings. The summed E-state index contributed by atoms with van der Waals surface area (Å²) in [6.07, 6.45) is 1.63. The van der Waals surface area contributed by atoms with Gasteiger partial charge in [0, 0.05) is 25.0 Å². The Bertz CT molecular complexity index is 1100. The Morgan fingerprint density at radius 1 is 1.00 bits per heavy atom. The third-order valence-electron chi connectivity index (χ3n) is 5.51. The van der Waals surface area contributed by atoms with E-state index in [1.54, 1.807) is 11.8 Å². The smallest absolute Gasteiger partial charge is 0.242 e. The first-order chi connectivity index (χ1) is 16.2. The van der Waals surface area contributed by atoms with Gasteiger partial charge in [0.15, 0.2) is 0 Å². The third-order valence-corrected chi connectivity index (χ3v) is 6.70. The molecule has 2 rings (SSSR count). The van der Waals surface area contributed by atoms with Crippen molar-refractivity contribution in [3.63, 3.8) is 0 Å². The van der Waals surface area contributed by atoms with Gasteiger partial charge in [0.05, 0.1) is 11.9 Å². The van der Waals surface area contributed by atoms with Gasteiger partial charge in [0.2, 0.25) is 21.8 Å². The van der Waals surface area contributed by atoms with E-state index in [0.717, 1.165) is 16.7 Å². The van der Waals surface area contributed by atoms with Crippen molar-refractivity contribution in [2.75, 3.05) is 17.1 Å². The summed E-state index contributed by atoms with van der Waals surface area (Å²) in [6.45, 7) is 11.7. The molecular weight excluding hydrogens is 462 g/mol. The average molecular weight is 502 g/mol. The highest BCUT2D eigenvalue weighted by Crippen LogP contribution is 2.22. The summed E-state index contributed by atoms with van der Waals surface area (Å²) in [5.41, 5.74) is 3.03. The van der Waals surface area contributed by atoms with Crippen molar-refractivity contribution in [1.82, 2.24) is 10.2 Å². The lowest BCUT2D eigenvalue weighted by molar-refractivity contribution is -0.141. The minimum atomic E-state index is -3.52. The SMILES string of the molecule is Cc1cc(C)cc(N(CCCC(=O)N(Cc2ccccc2)[C@H](C)C(=O)NC(C)(C)C)S(C)(=O)=O)c1. The highest BCUT2D eigenvalue weighted by atomic mass is 32.2. The van der Waals surface area contributed by atoms with Crippen LogP contribution in [0.15, 0.2) is 48.5 Å². The van der Waals surface area contributed by atoms with Gasteiger partial charge in [-0.2, -0.15) is 0 Å². The second-order valence-corrected chi connectivity index (χ2v) is 12.1. The molecule has 192 valence electrons. The van der Waals surface area contributed by atoms with E-state index in [2.05, 4.69) is 5.32 Å². The minimum Gasteiger partial charge on any atom is -0.350 e. The predicted molar refractivity (Wildman–Crippen MR) is 142 cm³/mol. The van der Waals surface area contributed by atoms with Crippen molar-refractivity contribution >= 4 is 27.5 Å². The first kappa shape index (κ1) is 28.4. The largest absolute Gasteiger partial charge is 0.350 e. The molecule has 0 aliphatic rings. The molecule has 0 spiro atoms. The van der Waals surface area contributed by atoms with Crippen LogP contribution in [0.1, 0.15) is 57.2 Å². The van der Waals surface area contributed by atoms with Crippen LogP contribution in [0.5, 0.6) is 0 Å². The fraction of sp³-hybridized carbons (Fsp3) is 0.481. The second-order valence-electron chi connectivity index (χ2n) is 10.2. The van der Waals surface area contributed by atoms with Crippen LogP contribution in [0.25, 0.3) is 0 Å². The quantitative estimate of drug-likeness (QED) is 0.529. The maximum Gasteiger partial charge on any atom is 0.242 e. The van der Waals surface area contributed by atoms with E-state index >= 15 is 0 Å². The summed E-state index contributed by atoms with van der Waals surface area (Å²) in [6, 6.07) is 14.5. The molecule has 8 heteroatoms. The molecular formula is C27H39N3O4S. The fourth-order valence-electron chi connectivity index (χ4n) is 3.94. The van der Waals surface area contributed by atoms with Gasteiger partial charge in [-0.1, -0.05) is 36.4 Å². The van der Waals surface area contributed by atoms with Gasteiger partial charge >= 0.3 is 0 Å². The number of rotatable bonds is 10. The summed E-state index contributed by atoms with van der Waals surface area (Å²) < 4.78 is 26.4. The van der Waals surface area contributed by atoms with Gasteiger partial charge in [0.1, 0.15) is 6.04 Å². The number of benzene rings is 2. The molecule has 2 aromatic rings. The van der Waals surface area contributed by atoms with Gasteiger partial charge in [-0.3, -0.25) is 13.9 Å². The molecule has 0 saturated heterocycles. The summed E-state index contributed by atoms with van der Waals surface area (Å²) in [4.78, 5) is 27.7. The van der Waals surface area contributed by atoms with Crippen LogP contribution in [-0.4, -0.2) is 49.5 Å². The molecule has 0 bridgehead atoms. The number of carbonyl (C=O) groups is 2. The summed E-state index contributed by atoms with van der Waals surface area (Å²) in [7, 11) is -3.52. The molecule has 0 saturated carbocycles. The number of aryl methyl sites for hydroxylation is 2. The lowest BCUT2D eigenvalue weighted by Crippen LogP contribution is -2.52. The van der Waals surface area contributed by atoms with Crippen LogP contribution in [0.2, 0.25) is 0 Å². The molecule has 1 N–H and O–H groups in total. The first-order valence-electron chi connectivity index (χ1n) is 11.9. The Kier molecular flexibility index (Phi) is 9.49. The third kappa shape index (κ3) is 9.02. The van der Waals surface area contributed by atoms with E-state index < -0.39 is 21.6 Å². The molecule has 2 amide bonds. The molecule has 0 radical (unpaired) electrons. The van der Waals surface area contributed by atoms with Crippen LogP contribution >= 0.6 is 0 Å². The Morgan fingerprint density at radius 3 is 2.09 bits per heavy atom. The zero-order chi connectivity index (χ0) is 26.4. The van der Waals surface area contributed by atoms with E-state index in [-0.39, 0.29) is 24.8 Å². The number of carbonyl (C=O) groups excluding carboxylic acids is 2. The van der Waals surface area contributed by atoms with Crippen molar-refractivity contribution < 1.29 is 18.0 Å². The predicted octanol–water partition coefficient (Wildman–Crippen LogP) is 4.18. The van der Waals surface area contributed by atoms with E-state index in [9.17, 15) is 18.0 Å². The monoisotopic (exact) mass is 501 g/mol. The van der Waals surface area contributed by atoms with Crippen molar-refractivity contribution in [3.8, 4) is 0 Å². The Morgan fingerprint density at radius 2 is 1.57 bits per heavy atom. The van der Waals surface area contributed by atoms with Crippen LogP contribution in [0.4, 0.5) is 5.69 Å². The zero-order valence-electron chi connectivity index (χ0n) is 22.0. The topological polar surface area (TPSA) is 86.8 Å². The zero-order valence-corrected chi connectivity index (χ0v) is 22.8. The number of hydrogen-bond donors (Lipinski definition) is 1. The van der Waals surface area contributed by atoms with E-state index in [0.29, 0.717) is 18.7 Å². The van der Waals surface area contributed by atoms with Crippen molar-refractivity contribution in [3.05, 3.63) is 65.2 Å². The lowest BCUT2D eigenvalue weighted by Gasteiger charge is -2.32. The summed E-state index contributed by atoms with van der Waals surface area (Å²) in [5, 5.41) is 2.95. The molecule has 7 nitrogen and oxygen atoms in total.